The van der Waals surface area contributed by atoms with Crippen LogP contribution in [0.5, 0.6) is 0 Å². The number of benzene rings is 1. The Morgan fingerprint density at radius 1 is 1.35 bits per heavy atom. The summed E-state index contributed by atoms with van der Waals surface area (Å²) in [6.45, 7) is 3.70. The second-order valence-corrected chi connectivity index (χ2v) is 6.29. The Morgan fingerprint density at radius 3 is 2.76 bits per heavy atom. The van der Waals surface area contributed by atoms with Gasteiger partial charge in [0.25, 0.3) is 0 Å². The molecule has 1 saturated carbocycles. The first-order valence-electron chi connectivity index (χ1n) is 5.93. The first-order valence-corrected chi connectivity index (χ1v) is 7.48. The maximum absolute atomic E-state index is 11.8. The highest BCUT2D eigenvalue weighted by Gasteiger charge is 2.35. The lowest BCUT2D eigenvalue weighted by atomic mass is 10.2. The molecule has 0 amide bonds. The summed E-state index contributed by atoms with van der Waals surface area (Å²) in [6.07, 6.45) is 1.57. The van der Waals surface area contributed by atoms with Crippen molar-refractivity contribution in [3.8, 4) is 0 Å². The summed E-state index contributed by atoms with van der Waals surface area (Å²) in [5.74, 6) is 0. The van der Waals surface area contributed by atoms with Crippen molar-refractivity contribution in [2.45, 2.75) is 31.6 Å². The van der Waals surface area contributed by atoms with E-state index >= 15 is 0 Å². The van der Waals surface area contributed by atoms with Crippen LogP contribution in [0.1, 0.15) is 25.3 Å². The first-order chi connectivity index (χ1) is 8.12. The number of anilines is 1. The van der Waals surface area contributed by atoms with E-state index in [0.717, 1.165) is 31.5 Å². The van der Waals surface area contributed by atoms with Crippen LogP contribution in [-0.4, -0.2) is 20.2 Å². The van der Waals surface area contributed by atoms with Crippen molar-refractivity contribution >= 4 is 15.7 Å². The van der Waals surface area contributed by atoms with Crippen LogP contribution in [-0.2, 0) is 16.6 Å². The number of hydrogen-bond acceptors (Lipinski definition) is 3. The summed E-state index contributed by atoms with van der Waals surface area (Å²) >= 11 is 0. The fourth-order valence-corrected chi connectivity index (χ4v) is 3.02. The fourth-order valence-electron chi connectivity index (χ4n) is 1.64. The molecule has 0 aliphatic heterocycles. The fraction of sp³-hybridized carbons (Fsp3) is 0.500. The smallest absolute Gasteiger partial charge is 0.235 e. The third-order valence-corrected chi connectivity index (χ3v) is 4.60. The largest absolute Gasteiger partial charge is 0.313 e. The van der Waals surface area contributed by atoms with Crippen LogP contribution in [0.2, 0.25) is 0 Å². The van der Waals surface area contributed by atoms with E-state index in [1.54, 1.807) is 6.07 Å². The minimum atomic E-state index is -3.15. The number of nitrogens with one attached hydrogen (secondary N) is 2. The minimum Gasteiger partial charge on any atom is -0.313 e. The third kappa shape index (κ3) is 3.44. The molecule has 0 aromatic heterocycles. The zero-order valence-corrected chi connectivity index (χ0v) is 10.8. The molecule has 1 aliphatic carbocycles. The highest BCUT2D eigenvalue weighted by atomic mass is 32.2. The van der Waals surface area contributed by atoms with Crippen molar-refractivity contribution < 1.29 is 8.42 Å². The van der Waals surface area contributed by atoms with Crippen molar-refractivity contribution in [1.82, 2.24) is 5.32 Å². The average molecular weight is 254 g/mol. The predicted molar refractivity (Wildman–Crippen MR) is 69.4 cm³/mol. The van der Waals surface area contributed by atoms with E-state index < -0.39 is 10.0 Å². The van der Waals surface area contributed by atoms with Crippen molar-refractivity contribution in [3.63, 3.8) is 0 Å². The van der Waals surface area contributed by atoms with E-state index in [-0.39, 0.29) is 5.25 Å². The summed E-state index contributed by atoms with van der Waals surface area (Å²) < 4.78 is 26.2. The molecular formula is C12H18N2O2S. The minimum absolute atomic E-state index is 0.181. The Hall–Kier alpha value is -1.07. The van der Waals surface area contributed by atoms with Gasteiger partial charge in [0.15, 0.2) is 0 Å². The highest BCUT2D eigenvalue weighted by Crippen LogP contribution is 2.29. The van der Waals surface area contributed by atoms with Crippen molar-refractivity contribution in [2.75, 3.05) is 11.3 Å². The molecule has 5 heteroatoms. The van der Waals surface area contributed by atoms with Crippen LogP contribution >= 0.6 is 0 Å². The summed E-state index contributed by atoms with van der Waals surface area (Å²) in [6, 6.07) is 7.52. The summed E-state index contributed by atoms with van der Waals surface area (Å²) in [4.78, 5) is 0. The molecule has 0 saturated heterocycles. The number of sulfonamides is 1. The lowest BCUT2D eigenvalue weighted by molar-refractivity contribution is 0.600. The van der Waals surface area contributed by atoms with Gasteiger partial charge in [-0.15, -0.1) is 0 Å². The van der Waals surface area contributed by atoms with Gasteiger partial charge < -0.3 is 5.32 Å². The molecule has 0 heterocycles. The van der Waals surface area contributed by atoms with E-state index in [1.807, 2.05) is 25.1 Å². The second kappa shape index (κ2) is 5.06. The quantitative estimate of drug-likeness (QED) is 0.812. The molecule has 0 bridgehead atoms. The zero-order valence-electron chi connectivity index (χ0n) is 9.94. The van der Waals surface area contributed by atoms with Crippen LogP contribution < -0.4 is 10.0 Å². The Morgan fingerprint density at radius 2 is 2.12 bits per heavy atom. The van der Waals surface area contributed by atoms with Gasteiger partial charge in [-0.2, -0.15) is 0 Å². The average Bonchev–Trinajstić information content (AvgIpc) is 3.10. The third-order valence-electron chi connectivity index (χ3n) is 2.73. The van der Waals surface area contributed by atoms with Crippen LogP contribution in [0.3, 0.4) is 0 Å². The van der Waals surface area contributed by atoms with Gasteiger partial charge in [0, 0.05) is 12.2 Å². The van der Waals surface area contributed by atoms with Gasteiger partial charge in [-0.3, -0.25) is 4.72 Å². The molecule has 0 unspecified atom stereocenters. The Bertz CT molecular complexity index is 481. The zero-order chi connectivity index (χ0) is 12.3. The van der Waals surface area contributed by atoms with E-state index in [0.29, 0.717) is 5.69 Å². The van der Waals surface area contributed by atoms with E-state index in [4.69, 9.17) is 0 Å². The lowest BCUT2D eigenvalue weighted by Gasteiger charge is -2.09. The lowest BCUT2D eigenvalue weighted by Crippen LogP contribution is -2.17. The van der Waals surface area contributed by atoms with Crippen molar-refractivity contribution in [2.24, 2.45) is 0 Å². The molecule has 2 rings (SSSR count). The van der Waals surface area contributed by atoms with Gasteiger partial charge in [0.05, 0.1) is 5.25 Å². The maximum Gasteiger partial charge on any atom is 0.235 e. The molecule has 94 valence electrons. The molecular weight excluding hydrogens is 236 g/mol. The first kappa shape index (κ1) is 12.4. The van der Waals surface area contributed by atoms with Gasteiger partial charge in [-0.25, -0.2) is 8.42 Å². The molecule has 0 spiro atoms. The van der Waals surface area contributed by atoms with E-state index in [9.17, 15) is 8.42 Å². The second-order valence-electron chi connectivity index (χ2n) is 4.33. The van der Waals surface area contributed by atoms with Gasteiger partial charge >= 0.3 is 0 Å². The molecule has 1 aromatic rings. The Labute approximate surface area is 102 Å². The molecule has 4 nitrogen and oxygen atoms in total. The van der Waals surface area contributed by atoms with Crippen LogP contribution in [0.15, 0.2) is 24.3 Å². The number of rotatable bonds is 6. The van der Waals surface area contributed by atoms with E-state index in [2.05, 4.69) is 10.0 Å². The normalized spacial score (nSPS) is 15.8. The van der Waals surface area contributed by atoms with Crippen LogP contribution in [0, 0.1) is 0 Å². The standard InChI is InChI=1S/C12H18N2O2S/c1-2-13-9-10-4-3-5-11(8-10)14-17(15,16)12-6-7-12/h3-5,8,12-14H,2,6-7,9H2,1H3. The number of hydrogen-bond donors (Lipinski definition) is 2. The van der Waals surface area contributed by atoms with Crippen molar-refractivity contribution in [3.05, 3.63) is 29.8 Å². The van der Waals surface area contributed by atoms with Gasteiger partial charge in [-0.1, -0.05) is 19.1 Å². The summed E-state index contributed by atoms with van der Waals surface area (Å²) in [7, 11) is -3.15. The molecule has 2 N–H and O–H groups in total. The van der Waals surface area contributed by atoms with Gasteiger partial charge in [-0.05, 0) is 37.1 Å². The van der Waals surface area contributed by atoms with Gasteiger partial charge in [0.2, 0.25) is 10.0 Å². The van der Waals surface area contributed by atoms with Crippen LogP contribution in [0.4, 0.5) is 5.69 Å². The van der Waals surface area contributed by atoms with Crippen molar-refractivity contribution in [1.29, 1.82) is 0 Å². The molecule has 0 atom stereocenters. The highest BCUT2D eigenvalue weighted by molar-refractivity contribution is 7.93. The molecule has 1 aromatic carbocycles. The molecule has 1 aliphatic rings. The van der Waals surface area contributed by atoms with E-state index in [1.165, 1.54) is 0 Å². The molecule has 1 fully saturated rings. The van der Waals surface area contributed by atoms with Crippen LogP contribution in [0.25, 0.3) is 0 Å². The predicted octanol–water partition coefficient (Wildman–Crippen LogP) is 1.70. The summed E-state index contributed by atoms with van der Waals surface area (Å²) in [5, 5.41) is 3.03. The topological polar surface area (TPSA) is 58.2 Å². The molecule has 0 radical (unpaired) electrons. The monoisotopic (exact) mass is 254 g/mol. The maximum atomic E-state index is 11.8. The summed E-state index contributed by atoms with van der Waals surface area (Å²) in [5.41, 5.74) is 1.75. The van der Waals surface area contributed by atoms with Gasteiger partial charge in [0.1, 0.15) is 0 Å². The Kier molecular flexibility index (Phi) is 3.69. The SMILES string of the molecule is CCNCc1cccc(NS(=O)(=O)C2CC2)c1. The Balaban J connectivity index is 2.05. The molecule has 17 heavy (non-hydrogen) atoms.